The van der Waals surface area contributed by atoms with Crippen LogP contribution >= 0.6 is 11.6 Å². The highest BCUT2D eigenvalue weighted by Crippen LogP contribution is 2.24. The van der Waals surface area contributed by atoms with Crippen LogP contribution in [0, 0.1) is 0 Å². The maximum absolute atomic E-state index is 12.6. The van der Waals surface area contributed by atoms with E-state index in [0.717, 1.165) is 18.4 Å². The summed E-state index contributed by atoms with van der Waals surface area (Å²) < 4.78 is 25.3. The second-order valence-electron chi connectivity index (χ2n) is 8.91. The molecule has 0 bridgehead atoms. The predicted molar refractivity (Wildman–Crippen MR) is 139 cm³/mol. The number of benzene rings is 1. The van der Waals surface area contributed by atoms with Gasteiger partial charge in [0.2, 0.25) is 5.95 Å². The van der Waals surface area contributed by atoms with Crippen molar-refractivity contribution < 1.29 is 8.42 Å². The molecule has 8 nitrogen and oxygen atoms in total. The van der Waals surface area contributed by atoms with Gasteiger partial charge in [0, 0.05) is 30.0 Å². The first kappa shape index (κ1) is 25.2. The number of aromatic nitrogens is 4. The summed E-state index contributed by atoms with van der Waals surface area (Å²) in [5.41, 5.74) is 1.78. The molecule has 1 aromatic carbocycles. The average Bonchev–Trinajstić information content (AvgIpc) is 2.85. The van der Waals surface area contributed by atoms with Gasteiger partial charge in [0.05, 0.1) is 39.5 Å². The van der Waals surface area contributed by atoms with Crippen molar-refractivity contribution in [3.63, 3.8) is 0 Å². The number of hydrogen-bond acceptors (Lipinski definition) is 8. The lowest BCUT2D eigenvalue weighted by Crippen LogP contribution is -2.36. The summed E-state index contributed by atoms with van der Waals surface area (Å²) in [6.07, 6.45) is 14.7. The van der Waals surface area contributed by atoms with Crippen molar-refractivity contribution in [3.05, 3.63) is 71.0 Å². The average molecular weight is 513 g/mol. The Labute approximate surface area is 211 Å². The van der Waals surface area contributed by atoms with Gasteiger partial charge >= 0.3 is 0 Å². The van der Waals surface area contributed by atoms with Gasteiger partial charge in [-0.2, -0.15) is 0 Å². The molecular formula is C25H29ClN6O2S. The maximum atomic E-state index is 12.6. The van der Waals surface area contributed by atoms with Gasteiger partial charge in [0.25, 0.3) is 0 Å². The van der Waals surface area contributed by atoms with E-state index < -0.39 is 9.84 Å². The van der Waals surface area contributed by atoms with Crippen molar-refractivity contribution in [2.45, 2.75) is 48.4 Å². The largest absolute Gasteiger partial charge is 0.351 e. The van der Waals surface area contributed by atoms with Gasteiger partial charge in [-0.15, -0.1) is 0 Å². The third-order valence-corrected chi connectivity index (χ3v) is 8.26. The van der Waals surface area contributed by atoms with Crippen LogP contribution in [0.2, 0.25) is 5.02 Å². The normalized spacial score (nSPS) is 18.7. The van der Waals surface area contributed by atoms with Gasteiger partial charge in [0.15, 0.2) is 9.84 Å². The molecule has 2 heterocycles. The Morgan fingerprint density at radius 3 is 2.31 bits per heavy atom. The van der Waals surface area contributed by atoms with E-state index in [9.17, 15) is 8.42 Å². The number of nitrogens with zero attached hydrogens (tertiary/aromatic N) is 5. The Morgan fingerprint density at radius 1 is 0.971 bits per heavy atom. The first-order valence-corrected chi connectivity index (χ1v) is 13.5. The SMILES string of the molecule is CN(C)C1CCC(Nc2ncc(/C=C/c3cnc(CS(=O)(=O)c4ccccc4Cl)cn3)cn2)CC1. The molecule has 1 saturated carbocycles. The lowest BCUT2D eigenvalue weighted by molar-refractivity contribution is 0.221. The first-order chi connectivity index (χ1) is 16.8. The highest BCUT2D eigenvalue weighted by molar-refractivity contribution is 7.90. The van der Waals surface area contributed by atoms with Crippen LogP contribution in [0.15, 0.2) is 53.9 Å². The summed E-state index contributed by atoms with van der Waals surface area (Å²) in [7, 11) is 0.668. The number of sulfone groups is 1. The molecule has 1 aliphatic rings. The highest BCUT2D eigenvalue weighted by Gasteiger charge is 2.22. The van der Waals surface area contributed by atoms with Gasteiger partial charge < -0.3 is 10.2 Å². The minimum absolute atomic E-state index is 0.0895. The Morgan fingerprint density at radius 2 is 1.69 bits per heavy atom. The lowest BCUT2D eigenvalue weighted by Gasteiger charge is -2.32. The van der Waals surface area contributed by atoms with Crippen LogP contribution < -0.4 is 5.32 Å². The molecular weight excluding hydrogens is 484 g/mol. The van der Waals surface area contributed by atoms with Crippen molar-refractivity contribution in [1.82, 2.24) is 24.8 Å². The van der Waals surface area contributed by atoms with E-state index in [1.807, 2.05) is 6.08 Å². The van der Waals surface area contributed by atoms with Crippen molar-refractivity contribution >= 4 is 39.5 Å². The number of anilines is 1. The number of nitrogens with one attached hydrogen (secondary N) is 1. The fourth-order valence-corrected chi connectivity index (χ4v) is 5.93. The van der Waals surface area contributed by atoms with Crippen LogP contribution in [0.1, 0.15) is 42.6 Å². The molecule has 1 fully saturated rings. The van der Waals surface area contributed by atoms with Crippen LogP contribution in [0.3, 0.4) is 0 Å². The van der Waals surface area contributed by atoms with E-state index in [0.29, 0.717) is 29.4 Å². The summed E-state index contributed by atoms with van der Waals surface area (Å²) in [6.45, 7) is 0. The van der Waals surface area contributed by atoms with Crippen molar-refractivity contribution in [2.24, 2.45) is 0 Å². The number of rotatable bonds is 8. The molecule has 0 spiro atoms. The van der Waals surface area contributed by atoms with Gasteiger partial charge in [-0.1, -0.05) is 23.7 Å². The third-order valence-electron chi connectivity index (χ3n) is 6.11. The minimum atomic E-state index is -3.61. The van der Waals surface area contributed by atoms with Crippen LogP contribution in [-0.4, -0.2) is 59.4 Å². The first-order valence-electron chi connectivity index (χ1n) is 11.5. The van der Waals surface area contributed by atoms with Gasteiger partial charge in [-0.05, 0) is 64.1 Å². The monoisotopic (exact) mass is 512 g/mol. The molecule has 1 N–H and O–H groups in total. The summed E-state index contributed by atoms with van der Waals surface area (Å²) >= 11 is 6.03. The van der Waals surface area contributed by atoms with Crippen molar-refractivity contribution in [3.8, 4) is 0 Å². The van der Waals surface area contributed by atoms with Crippen LogP contribution in [0.5, 0.6) is 0 Å². The van der Waals surface area contributed by atoms with E-state index in [4.69, 9.17) is 11.6 Å². The molecule has 0 radical (unpaired) electrons. The fraction of sp³-hybridized carbons (Fsp3) is 0.360. The Balaban J connectivity index is 1.32. The minimum Gasteiger partial charge on any atom is -0.351 e. The van der Waals surface area contributed by atoms with Crippen molar-refractivity contribution in [1.29, 1.82) is 0 Å². The molecule has 4 rings (SSSR count). The molecule has 1 aliphatic carbocycles. The Hall–Kier alpha value is -2.88. The molecule has 3 aromatic rings. The molecule has 0 aliphatic heterocycles. The molecule has 0 saturated heterocycles. The Kier molecular flexibility index (Phi) is 8.10. The standard InChI is InChI=1S/C25H29ClN6O2S/c1-32(2)22-11-9-19(10-12-22)31-25-29-13-18(14-30-25)7-8-20-15-28-21(16-27-20)17-35(33,34)24-6-4-3-5-23(24)26/h3-8,13-16,19,22H,9-12,17H2,1-2H3,(H,29,30,31)/b8-7+. The molecule has 0 unspecified atom stereocenters. The van der Waals surface area contributed by atoms with Crippen molar-refractivity contribution in [2.75, 3.05) is 19.4 Å². The van der Waals surface area contributed by atoms with E-state index in [1.165, 1.54) is 31.3 Å². The summed E-state index contributed by atoms with van der Waals surface area (Å²) in [5, 5.41) is 3.63. The van der Waals surface area contributed by atoms with Gasteiger partial charge in [0.1, 0.15) is 0 Å². The van der Waals surface area contributed by atoms with Gasteiger partial charge in [-0.25, -0.2) is 18.4 Å². The second kappa shape index (κ2) is 11.2. The summed E-state index contributed by atoms with van der Waals surface area (Å²) in [6, 6.07) is 7.43. The van der Waals surface area contributed by atoms with Gasteiger partial charge in [-0.3, -0.25) is 9.97 Å². The maximum Gasteiger partial charge on any atom is 0.222 e. The zero-order valence-corrected chi connectivity index (χ0v) is 21.4. The van der Waals surface area contributed by atoms with Crippen LogP contribution in [0.4, 0.5) is 5.95 Å². The van der Waals surface area contributed by atoms with E-state index >= 15 is 0 Å². The Bertz CT molecular complexity index is 1260. The molecule has 10 heteroatoms. The molecule has 35 heavy (non-hydrogen) atoms. The smallest absolute Gasteiger partial charge is 0.222 e. The van der Waals surface area contributed by atoms with E-state index in [-0.39, 0.29) is 15.7 Å². The molecule has 184 valence electrons. The zero-order valence-electron chi connectivity index (χ0n) is 19.8. The zero-order chi connectivity index (χ0) is 24.8. The van der Waals surface area contributed by atoms with E-state index in [2.05, 4.69) is 44.2 Å². The summed E-state index contributed by atoms with van der Waals surface area (Å²) in [4.78, 5) is 19.8. The fourth-order valence-electron chi connectivity index (χ4n) is 4.09. The topological polar surface area (TPSA) is 101 Å². The molecule has 2 aromatic heterocycles. The number of hydrogen-bond donors (Lipinski definition) is 1. The molecule has 0 atom stereocenters. The second-order valence-corrected chi connectivity index (χ2v) is 11.3. The predicted octanol–water partition coefficient (Wildman–Crippen LogP) is 4.35. The summed E-state index contributed by atoms with van der Waals surface area (Å²) in [5.74, 6) is 0.367. The molecule has 0 amide bonds. The lowest BCUT2D eigenvalue weighted by atomic mass is 9.91. The van der Waals surface area contributed by atoms with Crippen LogP contribution in [0.25, 0.3) is 12.2 Å². The van der Waals surface area contributed by atoms with E-state index in [1.54, 1.807) is 36.7 Å². The third kappa shape index (κ3) is 6.84. The van der Waals surface area contributed by atoms with Crippen LogP contribution in [-0.2, 0) is 15.6 Å². The number of halogens is 1. The quantitative estimate of drug-likeness (QED) is 0.475. The highest BCUT2D eigenvalue weighted by atomic mass is 35.5.